The fourth-order valence-electron chi connectivity index (χ4n) is 4.71. The molecule has 10 nitrogen and oxygen atoms in total. The second kappa shape index (κ2) is 31.1. The van der Waals surface area contributed by atoms with Crippen LogP contribution in [-0.4, -0.2) is 75.0 Å². The summed E-state index contributed by atoms with van der Waals surface area (Å²) in [6.45, 7) is 8.00. The van der Waals surface area contributed by atoms with E-state index < -0.39 is 11.9 Å². The molecule has 0 spiro atoms. The maximum atomic E-state index is 10.3. The Labute approximate surface area is 288 Å². The van der Waals surface area contributed by atoms with Gasteiger partial charge in [0.1, 0.15) is 0 Å². The number of nitrogen functional groups attached to an aromatic ring is 2. The summed E-state index contributed by atoms with van der Waals surface area (Å²) in [5.41, 5.74) is 12.3. The standard InChI is InChI=1S/2C7H7NO2.4C6H12O/c2*8-6-3-1-5(2-4-6)7(9)10;4*1-2-4-6-7-5-3-1/h2*1-4H,8H2,(H,9,10);4*1-6H2. The molecule has 4 heterocycles. The van der Waals surface area contributed by atoms with Crippen molar-refractivity contribution in [1.29, 1.82) is 0 Å². The molecule has 4 saturated heterocycles. The Balaban J connectivity index is 0.000000290. The Morgan fingerprint density at radius 1 is 0.375 bits per heavy atom. The first-order valence-corrected chi connectivity index (χ1v) is 17.9. The van der Waals surface area contributed by atoms with E-state index in [0.29, 0.717) is 11.4 Å². The van der Waals surface area contributed by atoms with Gasteiger partial charge in [0.25, 0.3) is 0 Å². The van der Waals surface area contributed by atoms with Crippen molar-refractivity contribution in [2.24, 2.45) is 0 Å². The average molecular weight is 675 g/mol. The Morgan fingerprint density at radius 2 is 0.562 bits per heavy atom. The second-order valence-corrected chi connectivity index (χ2v) is 12.0. The molecule has 6 rings (SSSR count). The zero-order valence-corrected chi connectivity index (χ0v) is 29.1. The molecule has 0 aromatic heterocycles. The van der Waals surface area contributed by atoms with Gasteiger partial charge in [-0.15, -0.1) is 0 Å². The molecule has 0 unspecified atom stereocenters. The Bertz CT molecular complexity index is 844. The van der Waals surface area contributed by atoms with E-state index in [1.807, 2.05) is 0 Å². The maximum Gasteiger partial charge on any atom is 0.335 e. The molecular formula is C38H62N2O8. The van der Waals surface area contributed by atoms with Crippen LogP contribution in [0.1, 0.15) is 123 Å². The van der Waals surface area contributed by atoms with Crippen LogP contribution in [0.4, 0.5) is 11.4 Å². The number of carboxylic acids is 2. The molecule has 0 saturated carbocycles. The molecule has 10 heteroatoms. The number of anilines is 2. The van der Waals surface area contributed by atoms with Crippen LogP contribution in [-0.2, 0) is 18.9 Å². The van der Waals surface area contributed by atoms with Crippen LogP contribution in [0.3, 0.4) is 0 Å². The number of aromatic carboxylic acids is 2. The molecule has 2 aromatic carbocycles. The van der Waals surface area contributed by atoms with E-state index in [0.717, 1.165) is 52.9 Å². The van der Waals surface area contributed by atoms with Crippen LogP contribution in [0.5, 0.6) is 0 Å². The lowest BCUT2D eigenvalue weighted by molar-refractivity contribution is 0.0686. The number of carboxylic acid groups (broad SMARTS) is 2. The number of hydrogen-bond acceptors (Lipinski definition) is 8. The smallest absolute Gasteiger partial charge is 0.335 e. The topological polar surface area (TPSA) is 164 Å². The van der Waals surface area contributed by atoms with Crippen molar-refractivity contribution in [2.45, 2.75) is 103 Å². The summed E-state index contributed by atoms with van der Waals surface area (Å²) < 4.78 is 20.8. The van der Waals surface area contributed by atoms with E-state index >= 15 is 0 Å². The minimum atomic E-state index is -0.931. The highest BCUT2D eigenvalue weighted by Gasteiger charge is 2.00. The third-order valence-corrected chi connectivity index (χ3v) is 7.62. The predicted molar refractivity (Wildman–Crippen MR) is 193 cm³/mol. The van der Waals surface area contributed by atoms with Crippen LogP contribution in [0.2, 0.25) is 0 Å². The van der Waals surface area contributed by atoms with E-state index in [2.05, 4.69) is 0 Å². The molecule has 6 N–H and O–H groups in total. The van der Waals surface area contributed by atoms with Crippen molar-refractivity contribution in [3.63, 3.8) is 0 Å². The SMILES string of the molecule is C1CCCOCC1.C1CCCOCC1.C1CCCOCC1.C1CCCOCC1.Nc1ccc(C(=O)O)cc1.Nc1ccc(C(=O)O)cc1. The number of rotatable bonds is 2. The van der Waals surface area contributed by atoms with Crippen LogP contribution in [0.25, 0.3) is 0 Å². The van der Waals surface area contributed by atoms with Crippen LogP contribution in [0, 0.1) is 0 Å². The van der Waals surface area contributed by atoms with Gasteiger partial charge in [0.15, 0.2) is 0 Å². The molecule has 2 aromatic rings. The van der Waals surface area contributed by atoms with Crippen LogP contribution in [0.15, 0.2) is 48.5 Å². The zero-order valence-electron chi connectivity index (χ0n) is 29.1. The van der Waals surface area contributed by atoms with Gasteiger partial charge in [0.2, 0.25) is 0 Å². The van der Waals surface area contributed by atoms with Crippen molar-refractivity contribution >= 4 is 23.3 Å². The number of nitrogens with two attached hydrogens (primary N) is 2. The van der Waals surface area contributed by atoms with E-state index in [9.17, 15) is 9.59 Å². The normalized spacial score (nSPS) is 17.8. The molecule has 0 atom stereocenters. The van der Waals surface area contributed by atoms with E-state index in [4.69, 9.17) is 40.6 Å². The summed E-state index contributed by atoms with van der Waals surface area (Å²) >= 11 is 0. The molecule has 48 heavy (non-hydrogen) atoms. The van der Waals surface area contributed by atoms with Gasteiger partial charge < -0.3 is 40.6 Å². The van der Waals surface area contributed by atoms with E-state index in [1.165, 1.54) is 127 Å². The summed E-state index contributed by atoms with van der Waals surface area (Å²) in [5, 5.41) is 16.9. The van der Waals surface area contributed by atoms with Crippen molar-refractivity contribution in [3.8, 4) is 0 Å². The Kier molecular flexibility index (Phi) is 27.8. The van der Waals surface area contributed by atoms with Gasteiger partial charge in [-0.2, -0.15) is 0 Å². The van der Waals surface area contributed by atoms with Crippen LogP contribution >= 0.6 is 0 Å². The van der Waals surface area contributed by atoms with Crippen molar-refractivity contribution < 1.29 is 38.7 Å². The molecule has 0 aliphatic carbocycles. The van der Waals surface area contributed by atoms with E-state index in [1.54, 1.807) is 24.3 Å². The molecule has 0 radical (unpaired) electrons. The van der Waals surface area contributed by atoms with Crippen molar-refractivity contribution in [1.82, 2.24) is 0 Å². The van der Waals surface area contributed by atoms with Gasteiger partial charge in [-0.25, -0.2) is 9.59 Å². The van der Waals surface area contributed by atoms with E-state index in [-0.39, 0.29) is 11.1 Å². The molecule has 4 aliphatic rings. The number of benzene rings is 2. The lowest BCUT2D eigenvalue weighted by Crippen LogP contribution is -1.95. The Morgan fingerprint density at radius 3 is 0.729 bits per heavy atom. The van der Waals surface area contributed by atoms with Crippen LogP contribution < -0.4 is 11.5 Å². The molecule has 0 amide bonds. The minimum Gasteiger partial charge on any atom is -0.478 e. The quantitative estimate of drug-likeness (QED) is 0.228. The first-order valence-electron chi connectivity index (χ1n) is 17.9. The molecular weight excluding hydrogens is 612 g/mol. The summed E-state index contributed by atoms with van der Waals surface area (Å²) in [5.74, 6) is -1.86. The molecule has 272 valence electrons. The first-order chi connectivity index (χ1) is 23.4. The van der Waals surface area contributed by atoms with Gasteiger partial charge in [0, 0.05) is 64.2 Å². The summed E-state index contributed by atoms with van der Waals surface area (Å²) in [4.78, 5) is 20.5. The third-order valence-electron chi connectivity index (χ3n) is 7.62. The highest BCUT2D eigenvalue weighted by Crippen LogP contribution is 2.08. The van der Waals surface area contributed by atoms with Gasteiger partial charge in [-0.1, -0.05) is 51.4 Å². The highest BCUT2D eigenvalue weighted by molar-refractivity contribution is 5.88. The average Bonchev–Trinajstić information content (AvgIpc) is 3.77. The summed E-state index contributed by atoms with van der Waals surface area (Å²) in [7, 11) is 0. The lowest BCUT2D eigenvalue weighted by Gasteiger charge is -1.93. The highest BCUT2D eigenvalue weighted by atomic mass is 16.5. The third kappa shape index (κ3) is 26.8. The number of hydrogen-bond donors (Lipinski definition) is 4. The first kappa shape index (κ1) is 42.8. The fourth-order valence-corrected chi connectivity index (χ4v) is 4.71. The molecule has 0 bridgehead atoms. The lowest BCUT2D eigenvalue weighted by atomic mass is 10.2. The monoisotopic (exact) mass is 674 g/mol. The molecule has 4 fully saturated rings. The van der Waals surface area contributed by atoms with Gasteiger partial charge >= 0.3 is 11.9 Å². The van der Waals surface area contributed by atoms with Crippen molar-refractivity contribution in [3.05, 3.63) is 59.7 Å². The number of ether oxygens (including phenoxy) is 4. The summed E-state index contributed by atoms with van der Waals surface area (Å²) in [6.07, 6.45) is 21.2. The summed E-state index contributed by atoms with van der Waals surface area (Å²) in [6, 6.07) is 12.1. The number of carbonyl (C=O) groups is 2. The van der Waals surface area contributed by atoms with Gasteiger partial charge in [-0.3, -0.25) is 0 Å². The van der Waals surface area contributed by atoms with Gasteiger partial charge in [-0.05, 0) is 99.9 Å². The largest absolute Gasteiger partial charge is 0.478 e. The fraction of sp³-hybridized carbons (Fsp3) is 0.632. The molecule has 4 aliphatic heterocycles. The zero-order chi connectivity index (χ0) is 34.9. The predicted octanol–water partition coefficient (Wildman–Crippen LogP) is 8.24. The second-order valence-electron chi connectivity index (χ2n) is 12.0. The Hall–Kier alpha value is -3.18. The van der Waals surface area contributed by atoms with Gasteiger partial charge in [0.05, 0.1) is 11.1 Å². The van der Waals surface area contributed by atoms with Crippen molar-refractivity contribution in [2.75, 3.05) is 64.3 Å². The maximum absolute atomic E-state index is 10.3. The minimum absolute atomic E-state index is 0.259.